The Kier molecular flexibility index (Phi) is 4.27. The van der Waals surface area contributed by atoms with Crippen molar-refractivity contribution in [3.63, 3.8) is 0 Å². The zero-order valence-electron chi connectivity index (χ0n) is 11.9. The number of oxazole rings is 1. The van der Waals surface area contributed by atoms with Gasteiger partial charge in [0.25, 0.3) is 0 Å². The van der Waals surface area contributed by atoms with Crippen LogP contribution in [0.4, 0.5) is 5.69 Å². The van der Waals surface area contributed by atoms with E-state index >= 15 is 0 Å². The highest BCUT2D eigenvalue weighted by atomic mass is 35.5. The fraction of sp³-hybridized carbons (Fsp3) is 0.308. The monoisotopic (exact) mass is 329 g/mol. The summed E-state index contributed by atoms with van der Waals surface area (Å²) in [6.07, 6.45) is 0. The molecule has 8 heteroatoms. The number of nitrogen functional groups attached to an aromatic ring is 1. The van der Waals surface area contributed by atoms with Gasteiger partial charge in [0.2, 0.25) is 15.9 Å². The van der Waals surface area contributed by atoms with Crippen molar-refractivity contribution in [1.29, 1.82) is 0 Å². The molecule has 0 fully saturated rings. The zero-order chi connectivity index (χ0) is 15.8. The maximum atomic E-state index is 12.3. The summed E-state index contributed by atoms with van der Waals surface area (Å²) in [6.45, 7) is 5.14. The van der Waals surface area contributed by atoms with E-state index in [-0.39, 0.29) is 16.5 Å². The Labute approximate surface area is 128 Å². The molecular weight excluding hydrogens is 314 g/mol. The molecule has 114 valence electrons. The molecule has 0 saturated carbocycles. The van der Waals surface area contributed by atoms with Crippen LogP contribution >= 0.6 is 11.6 Å². The van der Waals surface area contributed by atoms with Crippen LogP contribution in [0.25, 0.3) is 0 Å². The lowest BCUT2D eigenvalue weighted by atomic mass is 10.2. The summed E-state index contributed by atoms with van der Waals surface area (Å²) in [7, 11) is -3.75. The maximum Gasteiger partial charge on any atom is 0.241 e. The summed E-state index contributed by atoms with van der Waals surface area (Å²) in [5.41, 5.74) is 7.25. The lowest BCUT2D eigenvalue weighted by Crippen LogP contribution is -2.24. The molecule has 3 N–H and O–H groups in total. The predicted molar refractivity (Wildman–Crippen MR) is 80.6 cm³/mol. The summed E-state index contributed by atoms with van der Waals surface area (Å²) in [5, 5.41) is 0.265. The Morgan fingerprint density at radius 2 is 2.00 bits per heavy atom. The lowest BCUT2D eigenvalue weighted by molar-refractivity contribution is 0.463. The molecular formula is C13H16ClN3O3S. The number of nitrogens with one attached hydrogen (secondary N) is 1. The Morgan fingerprint density at radius 3 is 2.57 bits per heavy atom. The highest BCUT2D eigenvalue weighted by molar-refractivity contribution is 7.89. The van der Waals surface area contributed by atoms with Crippen molar-refractivity contribution in [2.45, 2.75) is 32.2 Å². The number of benzene rings is 1. The fourth-order valence-corrected chi connectivity index (χ4v) is 3.37. The average Bonchev–Trinajstić information content (AvgIpc) is 2.71. The van der Waals surface area contributed by atoms with Crippen molar-refractivity contribution in [3.05, 3.63) is 40.1 Å². The Morgan fingerprint density at radius 1 is 1.33 bits per heavy atom. The number of rotatable bonds is 4. The third-order valence-corrected chi connectivity index (χ3v) is 4.89. The first kappa shape index (κ1) is 15.8. The van der Waals surface area contributed by atoms with Gasteiger partial charge in [0.1, 0.15) is 5.76 Å². The minimum atomic E-state index is -3.75. The first-order chi connectivity index (χ1) is 9.70. The first-order valence-corrected chi connectivity index (χ1v) is 8.05. The number of nitrogens with zero attached hydrogens (tertiary/aromatic N) is 1. The predicted octanol–water partition coefficient (Wildman–Crippen LogP) is 2.31. The molecule has 0 spiro atoms. The number of hydrogen-bond donors (Lipinski definition) is 2. The minimum Gasteiger partial charge on any atom is -0.444 e. The average molecular weight is 330 g/mol. The van der Waals surface area contributed by atoms with Crippen molar-refractivity contribution in [2.75, 3.05) is 5.73 Å². The molecule has 0 saturated heterocycles. The van der Waals surface area contributed by atoms with Crippen molar-refractivity contribution < 1.29 is 12.8 Å². The van der Waals surface area contributed by atoms with E-state index in [1.54, 1.807) is 20.8 Å². The third-order valence-electron chi connectivity index (χ3n) is 3.14. The fourth-order valence-electron chi connectivity index (χ4n) is 1.80. The Hall–Kier alpha value is -1.57. The summed E-state index contributed by atoms with van der Waals surface area (Å²) in [5.74, 6) is 0.966. The molecule has 0 amide bonds. The molecule has 21 heavy (non-hydrogen) atoms. The van der Waals surface area contributed by atoms with Crippen molar-refractivity contribution in [3.8, 4) is 0 Å². The van der Waals surface area contributed by atoms with E-state index in [2.05, 4.69) is 9.71 Å². The minimum absolute atomic E-state index is 0.0388. The SMILES string of the molecule is Cc1nc(CNS(=O)(=O)c2cc(Cl)cc(N)c2C)oc1C. The van der Waals surface area contributed by atoms with Gasteiger partial charge in [-0.15, -0.1) is 0 Å². The molecule has 6 nitrogen and oxygen atoms in total. The summed E-state index contributed by atoms with van der Waals surface area (Å²) in [6, 6.07) is 2.87. The van der Waals surface area contributed by atoms with Crippen molar-refractivity contribution in [1.82, 2.24) is 9.71 Å². The van der Waals surface area contributed by atoms with E-state index in [9.17, 15) is 8.42 Å². The highest BCUT2D eigenvalue weighted by Crippen LogP contribution is 2.26. The van der Waals surface area contributed by atoms with Crippen LogP contribution in [-0.4, -0.2) is 13.4 Å². The summed E-state index contributed by atoms with van der Waals surface area (Å²) in [4.78, 5) is 4.17. The van der Waals surface area contributed by atoms with E-state index in [4.69, 9.17) is 21.8 Å². The van der Waals surface area contributed by atoms with Gasteiger partial charge in [-0.25, -0.2) is 18.1 Å². The molecule has 0 bridgehead atoms. The van der Waals surface area contributed by atoms with E-state index < -0.39 is 10.0 Å². The normalized spacial score (nSPS) is 11.8. The van der Waals surface area contributed by atoms with Crippen LogP contribution in [-0.2, 0) is 16.6 Å². The van der Waals surface area contributed by atoms with Crippen LogP contribution in [0.1, 0.15) is 22.9 Å². The van der Waals surface area contributed by atoms with Gasteiger partial charge in [-0.2, -0.15) is 0 Å². The molecule has 0 atom stereocenters. The van der Waals surface area contributed by atoms with Gasteiger partial charge in [-0.3, -0.25) is 0 Å². The van der Waals surface area contributed by atoms with Gasteiger partial charge in [0, 0.05) is 10.7 Å². The molecule has 1 aromatic carbocycles. The molecule has 0 radical (unpaired) electrons. The molecule has 0 aliphatic rings. The zero-order valence-corrected chi connectivity index (χ0v) is 13.5. The molecule has 0 unspecified atom stereocenters. The number of sulfonamides is 1. The largest absolute Gasteiger partial charge is 0.444 e. The molecule has 0 aliphatic carbocycles. The molecule has 0 aliphatic heterocycles. The van der Waals surface area contributed by atoms with Crippen LogP contribution < -0.4 is 10.5 Å². The molecule has 2 aromatic rings. The van der Waals surface area contributed by atoms with E-state index in [1.165, 1.54) is 12.1 Å². The van der Waals surface area contributed by atoms with Gasteiger partial charge in [-0.05, 0) is 38.5 Å². The van der Waals surface area contributed by atoms with Gasteiger partial charge in [0.15, 0.2) is 0 Å². The quantitative estimate of drug-likeness (QED) is 0.839. The van der Waals surface area contributed by atoms with Crippen LogP contribution in [0.15, 0.2) is 21.4 Å². The standard InChI is InChI=1S/C13H16ClN3O3S/c1-7-11(15)4-10(14)5-12(7)21(18,19)16-6-13-17-8(2)9(3)20-13/h4-5,16H,6,15H2,1-3H3. The second-order valence-corrected chi connectivity index (χ2v) is 6.86. The number of nitrogens with two attached hydrogens (primary N) is 1. The summed E-state index contributed by atoms with van der Waals surface area (Å²) >= 11 is 5.87. The number of aryl methyl sites for hydroxylation is 2. The summed E-state index contributed by atoms with van der Waals surface area (Å²) < 4.78 is 32.4. The van der Waals surface area contributed by atoms with Gasteiger partial charge in [0.05, 0.1) is 17.1 Å². The number of anilines is 1. The van der Waals surface area contributed by atoms with Gasteiger partial charge in [-0.1, -0.05) is 11.6 Å². The number of halogens is 1. The number of aromatic nitrogens is 1. The van der Waals surface area contributed by atoms with E-state index in [1.807, 2.05) is 0 Å². The third kappa shape index (κ3) is 3.37. The maximum absolute atomic E-state index is 12.3. The van der Waals surface area contributed by atoms with Crippen molar-refractivity contribution in [2.24, 2.45) is 0 Å². The second kappa shape index (κ2) is 5.67. The molecule has 1 aromatic heterocycles. The Bertz CT molecular complexity index is 765. The highest BCUT2D eigenvalue weighted by Gasteiger charge is 2.20. The van der Waals surface area contributed by atoms with Crippen LogP contribution in [0, 0.1) is 20.8 Å². The molecule has 1 heterocycles. The van der Waals surface area contributed by atoms with Gasteiger partial charge >= 0.3 is 0 Å². The first-order valence-electron chi connectivity index (χ1n) is 6.19. The molecule has 2 rings (SSSR count). The lowest BCUT2D eigenvalue weighted by Gasteiger charge is -2.10. The van der Waals surface area contributed by atoms with E-state index in [0.717, 1.165) is 5.69 Å². The second-order valence-electron chi connectivity index (χ2n) is 4.69. The van der Waals surface area contributed by atoms with Gasteiger partial charge < -0.3 is 10.2 Å². The van der Waals surface area contributed by atoms with E-state index in [0.29, 0.717) is 22.9 Å². The van der Waals surface area contributed by atoms with Crippen LogP contribution in [0.5, 0.6) is 0 Å². The van der Waals surface area contributed by atoms with Crippen LogP contribution in [0.2, 0.25) is 5.02 Å². The smallest absolute Gasteiger partial charge is 0.241 e. The topological polar surface area (TPSA) is 98.2 Å². The van der Waals surface area contributed by atoms with Crippen molar-refractivity contribution >= 4 is 27.3 Å². The Balaban J connectivity index is 2.27. The van der Waals surface area contributed by atoms with Crippen LogP contribution in [0.3, 0.4) is 0 Å². The number of hydrogen-bond acceptors (Lipinski definition) is 5.